The van der Waals surface area contributed by atoms with Gasteiger partial charge in [-0.3, -0.25) is 4.79 Å². The number of aryl methyl sites for hydroxylation is 1. The van der Waals surface area contributed by atoms with Gasteiger partial charge >= 0.3 is 0 Å². The monoisotopic (exact) mass is 307 g/mol. The lowest BCUT2D eigenvalue weighted by atomic mass is 10.2. The molecular formula is C14H17N3O3S. The van der Waals surface area contributed by atoms with E-state index in [1.807, 2.05) is 19.1 Å². The summed E-state index contributed by atoms with van der Waals surface area (Å²) >= 11 is 1.40. The zero-order valence-corrected chi connectivity index (χ0v) is 12.7. The van der Waals surface area contributed by atoms with Crippen molar-refractivity contribution >= 4 is 17.2 Å². The van der Waals surface area contributed by atoms with Crippen LogP contribution in [0.15, 0.2) is 21.9 Å². The molecule has 2 N–H and O–H groups in total. The fraction of sp³-hybridized carbons (Fsp3) is 0.429. The predicted molar refractivity (Wildman–Crippen MR) is 79.5 cm³/mol. The van der Waals surface area contributed by atoms with Crippen molar-refractivity contribution in [2.75, 3.05) is 20.2 Å². The molecule has 2 aromatic rings. The first-order chi connectivity index (χ1) is 10.2. The van der Waals surface area contributed by atoms with Crippen LogP contribution in [0.4, 0.5) is 0 Å². The summed E-state index contributed by atoms with van der Waals surface area (Å²) in [7, 11) is 1.65. The van der Waals surface area contributed by atoms with E-state index in [1.165, 1.54) is 11.3 Å². The molecule has 21 heavy (non-hydrogen) atoms. The van der Waals surface area contributed by atoms with Gasteiger partial charge in [0.15, 0.2) is 10.8 Å². The second-order valence-corrected chi connectivity index (χ2v) is 5.82. The van der Waals surface area contributed by atoms with Gasteiger partial charge in [0, 0.05) is 25.6 Å². The molecule has 0 radical (unpaired) electrons. The molecule has 3 heterocycles. The molecule has 0 spiro atoms. The molecular weight excluding hydrogens is 290 g/mol. The number of rotatable bonds is 4. The van der Waals surface area contributed by atoms with Crippen LogP contribution < -0.4 is 10.6 Å². The Labute approximate surface area is 126 Å². The van der Waals surface area contributed by atoms with Gasteiger partial charge in [-0.1, -0.05) is 0 Å². The van der Waals surface area contributed by atoms with Crippen molar-refractivity contribution in [2.24, 2.45) is 0 Å². The molecule has 2 aromatic heterocycles. The molecule has 0 bridgehead atoms. The normalized spacial score (nSPS) is 21.6. The third-order valence-electron chi connectivity index (χ3n) is 3.47. The van der Waals surface area contributed by atoms with Gasteiger partial charge in [0.05, 0.1) is 12.1 Å². The Morgan fingerprint density at radius 1 is 1.52 bits per heavy atom. The first-order valence-electron chi connectivity index (χ1n) is 6.74. The largest absolute Gasteiger partial charge is 0.459 e. The number of hydrogen-bond donors (Lipinski definition) is 2. The van der Waals surface area contributed by atoms with Crippen molar-refractivity contribution in [3.8, 4) is 10.8 Å². The second kappa shape index (κ2) is 5.97. The minimum absolute atomic E-state index is 0.000204. The summed E-state index contributed by atoms with van der Waals surface area (Å²) in [5, 5.41) is 8.60. The Bertz CT molecular complexity index is 637. The maximum absolute atomic E-state index is 12.2. The molecule has 7 heteroatoms. The summed E-state index contributed by atoms with van der Waals surface area (Å²) in [4.78, 5) is 16.6. The first kappa shape index (κ1) is 14.2. The third-order valence-corrected chi connectivity index (χ3v) is 4.32. The Morgan fingerprint density at radius 3 is 3.10 bits per heavy atom. The highest BCUT2D eigenvalue weighted by Gasteiger charge is 2.29. The number of carbonyl (C=O) groups is 1. The molecule has 1 amide bonds. The van der Waals surface area contributed by atoms with Crippen LogP contribution in [0.3, 0.4) is 0 Å². The van der Waals surface area contributed by atoms with E-state index < -0.39 is 0 Å². The predicted octanol–water partition coefficient (Wildman–Crippen LogP) is 1.43. The minimum Gasteiger partial charge on any atom is -0.459 e. The molecule has 6 nitrogen and oxygen atoms in total. The number of thiazole rings is 1. The summed E-state index contributed by atoms with van der Waals surface area (Å²) in [6.45, 7) is 3.33. The van der Waals surface area contributed by atoms with E-state index >= 15 is 0 Å². The van der Waals surface area contributed by atoms with Crippen molar-refractivity contribution in [1.82, 2.24) is 15.6 Å². The molecule has 3 rings (SSSR count). The molecule has 0 aliphatic carbocycles. The van der Waals surface area contributed by atoms with Gasteiger partial charge < -0.3 is 19.8 Å². The fourth-order valence-electron chi connectivity index (χ4n) is 2.33. The number of nitrogens with zero attached hydrogens (tertiary/aromatic N) is 1. The molecule has 2 unspecified atom stereocenters. The quantitative estimate of drug-likeness (QED) is 0.893. The lowest BCUT2D eigenvalue weighted by Gasteiger charge is -2.17. The van der Waals surface area contributed by atoms with Gasteiger partial charge in [-0.05, 0) is 19.1 Å². The van der Waals surface area contributed by atoms with Crippen LogP contribution in [0.5, 0.6) is 0 Å². The molecule has 0 saturated carbocycles. The van der Waals surface area contributed by atoms with Crippen LogP contribution in [0.2, 0.25) is 0 Å². The van der Waals surface area contributed by atoms with Crippen LogP contribution in [0.1, 0.15) is 16.2 Å². The highest BCUT2D eigenvalue weighted by Crippen LogP contribution is 2.25. The van der Waals surface area contributed by atoms with Gasteiger partial charge in [0.1, 0.15) is 11.5 Å². The Morgan fingerprint density at radius 2 is 2.38 bits per heavy atom. The average Bonchev–Trinajstić information content (AvgIpc) is 3.17. The Hall–Kier alpha value is -1.70. The summed E-state index contributed by atoms with van der Waals surface area (Å²) in [6, 6.07) is 3.71. The van der Waals surface area contributed by atoms with Gasteiger partial charge in [0.25, 0.3) is 5.91 Å². The highest BCUT2D eigenvalue weighted by molar-refractivity contribution is 7.13. The van der Waals surface area contributed by atoms with E-state index in [-0.39, 0.29) is 18.1 Å². The topological polar surface area (TPSA) is 76.4 Å². The molecule has 1 aliphatic heterocycles. The van der Waals surface area contributed by atoms with Crippen LogP contribution in [-0.4, -0.2) is 43.2 Å². The van der Waals surface area contributed by atoms with E-state index in [2.05, 4.69) is 15.6 Å². The number of nitrogens with one attached hydrogen (secondary N) is 2. The molecule has 112 valence electrons. The number of amides is 1. The number of hydrogen-bond acceptors (Lipinski definition) is 6. The van der Waals surface area contributed by atoms with Crippen LogP contribution in [0, 0.1) is 6.92 Å². The summed E-state index contributed by atoms with van der Waals surface area (Å²) in [5.41, 5.74) is 0.408. The van der Waals surface area contributed by atoms with Gasteiger partial charge in [0.2, 0.25) is 0 Å². The zero-order valence-electron chi connectivity index (χ0n) is 11.9. The van der Waals surface area contributed by atoms with Crippen LogP contribution >= 0.6 is 11.3 Å². The SMILES string of the molecule is COC1CNCC1NC(=O)c1csc(-c2ccc(C)o2)n1. The van der Waals surface area contributed by atoms with E-state index in [0.29, 0.717) is 23.0 Å². The van der Waals surface area contributed by atoms with Gasteiger partial charge in [-0.25, -0.2) is 4.98 Å². The first-order valence-corrected chi connectivity index (χ1v) is 7.62. The average molecular weight is 307 g/mol. The molecule has 1 saturated heterocycles. The fourth-order valence-corrected chi connectivity index (χ4v) is 3.09. The maximum Gasteiger partial charge on any atom is 0.271 e. The Balaban J connectivity index is 1.69. The minimum atomic E-state index is -0.184. The van der Waals surface area contributed by atoms with Crippen LogP contribution in [0.25, 0.3) is 10.8 Å². The molecule has 1 fully saturated rings. The highest BCUT2D eigenvalue weighted by atomic mass is 32.1. The standard InChI is InChI=1S/C14H17N3O3S/c1-8-3-4-11(20-8)14-17-10(7-21-14)13(18)16-9-5-15-6-12(9)19-2/h3-4,7,9,12,15H,5-6H2,1-2H3,(H,16,18). The van der Waals surface area contributed by atoms with E-state index in [4.69, 9.17) is 9.15 Å². The van der Waals surface area contributed by atoms with E-state index in [0.717, 1.165) is 12.3 Å². The Kier molecular flexibility index (Phi) is 4.05. The van der Waals surface area contributed by atoms with Crippen molar-refractivity contribution in [1.29, 1.82) is 0 Å². The lowest BCUT2D eigenvalue weighted by molar-refractivity contribution is 0.0777. The number of ether oxygens (including phenoxy) is 1. The van der Waals surface area contributed by atoms with Gasteiger partial charge in [-0.2, -0.15) is 0 Å². The number of methoxy groups -OCH3 is 1. The van der Waals surface area contributed by atoms with Gasteiger partial charge in [-0.15, -0.1) is 11.3 Å². The number of furan rings is 1. The third kappa shape index (κ3) is 2.99. The lowest BCUT2D eigenvalue weighted by Crippen LogP contribution is -2.43. The van der Waals surface area contributed by atoms with E-state index in [1.54, 1.807) is 12.5 Å². The summed E-state index contributed by atoms with van der Waals surface area (Å²) in [5.74, 6) is 1.33. The molecule has 0 aromatic carbocycles. The summed E-state index contributed by atoms with van der Waals surface area (Å²) < 4.78 is 10.8. The van der Waals surface area contributed by atoms with Crippen molar-refractivity contribution in [2.45, 2.75) is 19.1 Å². The second-order valence-electron chi connectivity index (χ2n) is 4.96. The smallest absolute Gasteiger partial charge is 0.271 e. The molecule has 2 atom stereocenters. The maximum atomic E-state index is 12.2. The summed E-state index contributed by atoms with van der Waals surface area (Å²) in [6.07, 6.45) is -0.000204. The molecule has 1 aliphatic rings. The van der Waals surface area contributed by atoms with Crippen molar-refractivity contribution < 1.29 is 13.9 Å². The number of carbonyl (C=O) groups excluding carboxylic acids is 1. The van der Waals surface area contributed by atoms with Crippen LogP contribution in [-0.2, 0) is 4.74 Å². The zero-order chi connectivity index (χ0) is 14.8. The van der Waals surface area contributed by atoms with E-state index in [9.17, 15) is 4.79 Å². The van der Waals surface area contributed by atoms with Crippen molar-refractivity contribution in [3.05, 3.63) is 29.0 Å². The number of aromatic nitrogens is 1. The van der Waals surface area contributed by atoms with Crippen molar-refractivity contribution in [3.63, 3.8) is 0 Å².